The van der Waals surface area contributed by atoms with E-state index in [0.717, 1.165) is 16.9 Å². The van der Waals surface area contributed by atoms with Crippen LogP contribution in [0, 0.1) is 0 Å². The maximum absolute atomic E-state index is 11.1. The molecule has 4 aromatic rings. The Labute approximate surface area is 192 Å². The highest BCUT2D eigenvalue weighted by Gasteiger charge is 2.22. The number of ether oxygens (including phenoxy) is 1. The van der Waals surface area contributed by atoms with Crippen LogP contribution < -0.4 is 15.8 Å². The van der Waals surface area contributed by atoms with Crippen LogP contribution in [0.1, 0.15) is 0 Å². The number of anilines is 1. The van der Waals surface area contributed by atoms with Crippen LogP contribution in [0.15, 0.2) is 78.2 Å². The van der Waals surface area contributed by atoms with Crippen LogP contribution in [0.25, 0.3) is 22.2 Å². The highest BCUT2D eigenvalue weighted by Crippen LogP contribution is 2.40. The van der Waals surface area contributed by atoms with Gasteiger partial charge in [0.05, 0.1) is 16.0 Å². The summed E-state index contributed by atoms with van der Waals surface area (Å²) >= 11 is 3.66. The van der Waals surface area contributed by atoms with Crippen LogP contribution in [-0.2, 0) is 6.54 Å². The Morgan fingerprint density at radius 3 is 2.53 bits per heavy atom. The first-order valence-electron chi connectivity index (χ1n) is 9.71. The summed E-state index contributed by atoms with van der Waals surface area (Å²) in [4.78, 5) is 19.7. The van der Waals surface area contributed by atoms with Gasteiger partial charge in [-0.05, 0) is 45.8 Å². The number of nitrogens with two attached hydrogens (primary N) is 1. The maximum Gasteiger partial charge on any atom is 0.405 e. The van der Waals surface area contributed by atoms with Gasteiger partial charge in [0.15, 0.2) is 0 Å². The number of carbonyl (C=O) groups is 1. The van der Waals surface area contributed by atoms with E-state index in [1.54, 1.807) is 0 Å². The Bertz CT molecular complexity index is 1270. The summed E-state index contributed by atoms with van der Waals surface area (Å²) in [5.74, 6) is 1.77. The second-order valence-electron chi connectivity index (χ2n) is 6.97. The number of hydrogen-bond donors (Lipinski definition) is 3. The van der Waals surface area contributed by atoms with E-state index in [1.807, 2.05) is 59.2 Å². The van der Waals surface area contributed by atoms with Crippen molar-refractivity contribution in [3.05, 3.63) is 78.2 Å². The van der Waals surface area contributed by atoms with Crippen LogP contribution in [0.2, 0.25) is 0 Å². The molecule has 0 aliphatic carbocycles. The molecule has 2 aromatic heterocycles. The Morgan fingerprint density at radius 2 is 1.88 bits per heavy atom. The number of nitrogens with one attached hydrogen (secondary N) is 1. The van der Waals surface area contributed by atoms with Crippen LogP contribution >= 0.6 is 15.9 Å². The molecule has 0 spiro atoms. The van der Waals surface area contributed by atoms with Gasteiger partial charge in [-0.1, -0.05) is 36.4 Å². The smallest absolute Gasteiger partial charge is 0.405 e. The third kappa shape index (κ3) is 4.28. The Morgan fingerprint density at radius 1 is 1.19 bits per heavy atom. The number of carboxylic acid groups (broad SMARTS) is 1. The molecule has 4 N–H and O–H groups in total. The van der Waals surface area contributed by atoms with Gasteiger partial charge in [-0.3, -0.25) is 0 Å². The molecule has 0 saturated carbocycles. The minimum Gasteiger partial charge on any atom is -0.465 e. The third-order valence-corrected chi connectivity index (χ3v) is 5.72. The van der Waals surface area contributed by atoms with Gasteiger partial charge in [-0.15, -0.1) is 6.58 Å². The number of nitrogens with zero attached hydrogens (tertiary/aromatic N) is 3. The highest BCUT2D eigenvalue weighted by molar-refractivity contribution is 9.10. The molecule has 0 aliphatic heterocycles. The first-order valence-corrected chi connectivity index (χ1v) is 10.5. The lowest BCUT2D eigenvalue weighted by Gasteiger charge is -2.15. The van der Waals surface area contributed by atoms with Crippen LogP contribution in [0.3, 0.4) is 0 Å². The largest absolute Gasteiger partial charge is 0.465 e. The van der Waals surface area contributed by atoms with E-state index < -0.39 is 12.1 Å². The number of benzene rings is 2. The van der Waals surface area contributed by atoms with Crippen molar-refractivity contribution < 1.29 is 14.6 Å². The van der Waals surface area contributed by atoms with E-state index in [1.165, 1.54) is 12.4 Å². The van der Waals surface area contributed by atoms with Gasteiger partial charge >= 0.3 is 6.09 Å². The van der Waals surface area contributed by atoms with E-state index in [2.05, 4.69) is 37.8 Å². The van der Waals surface area contributed by atoms with Crippen molar-refractivity contribution in [1.29, 1.82) is 0 Å². The topological polar surface area (TPSA) is 115 Å². The monoisotopic (exact) mass is 493 g/mol. The van der Waals surface area contributed by atoms with Gasteiger partial charge < -0.3 is 25.5 Å². The molecular weight excluding hydrogens is 474 g/mol. The maximum atomic E-state index is 11.1. The highest BCUT2D eigenvalue weighted by atomic mass is 79.9. The quantitative estimate of drug-likeness (QED) is 0.310. The summed E-state index contributed by atoms with van der Waals surface area (Å²) in [6.07, 6.45) is 1.78. The summed E-state index contributed by atoms with van der Waals surface area (Å²) in [5.41, 5.74) is 8.49. The van der Waals surface area contributed by atoms with Gasteiger partial charge in [0.1, 0.15) is 29.3 Å². The average Bonchev–Trinajstić information content (AvgIpc) is 3.07. The zero-order chi connectivity index (χ0) is 22.7. The molecule has 0 fully saturated rings. The fraction of sp³-hybridized carbons (Fsp3) is 0.0870. The molecule has 4 rings (SSSR count). The minimum absolute atomic E-state index is 0.276. The van der Waals surface area contributed by atoms with Crippen molar-refractivity contribution in [3.63, 3.8) is 0 Å². The van der Waals surface area contributed by atoms with Gasteiger partial charge in [-0.2, -0.15) is 0 Å². The normalized spacial score (nSPS) is 11.8. The van der Waals surface area contributed by atoms with Crippen molar-refractivity contribution in [3.8, 4) is 22.6 Å². The molecule has 162 valence electrons. The summed E-state index contributed by atoms with van der Waals surface area (Å²) in [6, 6.07) is 16.6. The number of para-hydroxylation sites is 1. The molecule has 9 heteroatoms. The number of aromatic nitrogens is 3. The van der Waals surface area contributed by atoms with Gasteiger partial charge in [0.2, 0.25) is 0 Å². The Kier molecular flexibility index (Phi) is 6.09. The second kappa shape index (κ2) is 9.11. The number of nitrogen functional groups attached to an aromatic ring is 1. The van der Waals surface area contributed by atoms with Crippen molar-refractivity contribution in [1.82, 2.24) is 19.9 Å². The van der Waals surface area contributed by atoms with E-state index in [-0.39, 0.29) is 6.54 Å². The molecule has 32 heavy (non-hydrogen) atoms. The molecule has 0 radical (unpaired) electrons. The molecule has 0 unspecified atom stereocenters. The molecule has 0 saturated heterocycles. The molecule has 1 amide bonds. The SMILES string of the molecule is C=C[C@H](Cn1c(Br)c(-c2ccc(Oc3ccccc3)cc2)c2c(N)ncnc21)NC(=O)O. The molecule has 2 heterocycles. The van der Waals surface area contributed by atoms with Gasteiger partial charge in [0, 0.05) is 12.1 Å². The standard InChI is InChI=1S/C23H20BrN5O3/c1-2-15(28-23(30)31)12-29-20(24)18(19-21(25)26-13-27-22(19)29)14-8-10-17(11-9-14)32-16-6-4-3-5-7-16/h2-11,13,15,28H,1,12H2,(H,30,31)(H2,25,26,27)/t15-/m1/s1. The number of amides is 1. The minimum atomic E-state index is -1.13. The molecule has 8 nitrogen and oxygen atoms in total. The predicted octanol–water partition coefficient (Wildman–Crippen LogP) is 5.06. The summed E-state index contributed by atoms with van der Waals surface area (Å²) in [6.45, 7) is 4.00. The van der Waals surface area contributed by atoms with E-state index in [4.69, 9.17) is 15.6 Å². The Hall–Kier alpha value is -3.85. The van der Waals surface area contributed by atoms with Crippen molar-refractivity contribution in [2.75, 3.05) is 5.73 Å². The molecule has 2 aromatic carbocycles. The fourth-order valence-electron chi connectivity index (χ4n) is 3.44. The Balaban J connectivity index is 1.75. The fourth-order valence-corrected chi connectivity index (χ4v) is 4.18. The first kappa shape index (κ1) is 21.4. The van der Waals surface area contributed by atoms with Crippen molar-refractivity contribution in [2.45, 2.75) is 12.6 Å². The lowest BCUT2D eigenvalue weighted by atomic mass is 10.1. The van der Waals surface area contributed by atoms with Crippen molar-refractivity contribution in [2.24, 2.45) is 0 Å². The second-order valence-corrected chi connectivity index (χ2v) is 7.72. The predicted molar refractivity (Wildman–Crippen MR) is 127 cm³/mol. The van der Waals surface area contributed by atoms with E-state index in [0.29, 0.717) is 27.2 Å². The molecule has 0 bridgehead atoms. The number of rotatable bonds is 7. The van der Waals surface area contributed by atoms with Crippen LogP contribution in [0.5, 0.6) is 11.5 Å². The number of fused-ring (bicyclic) bond motifs is 1. The van der Waals surface area contributed by atoms with E-state index >= 15 is 0 Å². The third-order valence-electron chi connectivity index (χ3n) is 4.90. The first-order chi connectivity index (χ1) is 15.5. The zero-order valence-electron chi connectivity index (χ0n) is 16.9. The van der Waals surface area contributed by atoms with Gasteiger partial charge in [0.25, 0.3) is 0 Å². The summed E-state index contributed by atoms with van der Waals surface area (Å²) < 4.78 is 8.43. The lowest BCUT2D eigenvalue weighted by molar-refractivity contribution is 0.191. The van der Waals surface area contributed by atoms with Crippen LogP contribution in [0.4, 0.5) is 10.6 Å². The number of halogens is 1. The van der Waals surface area contributed by atoms with E-state index in [9.17, 15) is 4.79 Å². The lowest BCUT2D eigenvalue weighted by Crippen LogP contribution is -2.35. The van der Waals surface area contributed by atoms with Crippen LogP contribution in [-0.4, -0.2) is 31.8 Å². The molecule has 1 atom stereocenters. The number of hydrogen-bond acceptors (Lipinski definition) is 5. The summed E-state index contributed by atoms with van der Waals surface area (Å²) in [5, 5.41) is 12.2. The molecular formula is C23H20BrN5O3. The van der Waals surface area contributed by atoms with Crippen molar-refractivity contribution >= 4 is 38.9 Å². The average molecular weight is 494 g/mol. The molecule has 0 aliphatic rings. The summed E-state index contributed by atoms with van der Waals surface area (Å²) in [7, 11) is 0. The van der Waals surface area contributed by atoms with Gasteiger partial charge in [-0.25, -0.2) is 14.8 Å². The zero-order valence-corrected chi connectivity index (χ0v) is 18.5.